The summed E-state index contributed by atoms with van der Waals surface area (Å²) in [4.78, 5) is 10.7. The molecule has 0 saturated carbocycles. The van der Waals surface area contributed by atoms with Gasteiger partial charge in [0, 0.05) is 25.1 Å². The van der Waals surface area contributed by atoms with E-state index in [1.807, 2.05) is 6.20 Å². The Balaban J connectivity index is 2.03. The Hall–Kier alpha value is -1.32. The summed E-state index contributed by atoms with van der Waals surface area (Å²) in [6.45, 7) is 1.55. The molecule has 1 unspecified atom stereocenters. The van der Waals surface area contributed by atoms with Gasteiger partial charge in [0.05, 0.1) is 6.20 Å². The number of aromatic nitrogens is 2. The van der Waals surface area contributed by atoms with Gasteiger partial charge in [0.25, 0.3) is 0 Å². The molecule has 0 bridgehead atoms. The molecule has 2 rings (SSSR count). The molecule has 0 saturated heterocycles. The van der Waals surface area contributed by atoms with Crippen molar-refractivity contribution in [3.63, 3.8) is 0 Å². The fourth-order valence-electron chi connectivity index (χ4n) is 1.66. The summed E-state index contributed by atoms with van der Waals surface area (Å²) in [6.07, 6.45) is 3.62. The Morgan fingerprint density at radius 1 is 1.75 bits per heavy atom. The summed E-state index contributed by atoms with van der Waals surface area (Å²) in [6, 6.07) is 0.270. The van der Waals surface area contributed by atoms with Crippen LogP contribution in [0.1, 0.15) is 18.2 Å². The van der Waals surface area contributed by atoms with Gasteiger partial charge in [-0.3, -0.25) is 9.89 Å². The number of nitrogens with one attached hydrogen (secondary N) is 2. The first-order valence-corrected chi connectivity index (χ1v) is 4.04. The van der Waals surface area contributed by atoms with E-state index in [9.17, 15) is 4.79 Å². The van der Waals surface area contributed by atoms with Crippen molar-refractivity contribution >= 4 is 5.91 Å². The molecule has 1 heterocycles. The van der Waals surface area contributed by atoms with Crippen LogP contribution in [0.25, 0.3) is 0 Å². The summed E-state index contributed by atoms with van der Waals surface area (Å²) < 4.78 is 0. The summed E-state index contributed by atoms with van der Waals surface area (Å²) in [5.41, 5.74) is 2.39. The van der Waals surface area contributed by atoms with E-state index in [4.69, 9.17) is 0 Å². The molecule has 1 aliphatic carbocycles. The minimum Gasteiger partial charge on any atom is -0.353 e. The zero-order chi connectivity index (χ0) is 8.55. The molecule has 1 aromatic rings. The van der Waals surface area contributed by atoms with Crippen molar-refractivity contribution < 1.29 is 4.79 Å². The van der Waals surface area contributed by atoms with Crippen LogP contribution < -0.4 is 5.32 Å². The minimum absolute atomic E-state index is 0.0399. The number of aromatic amines is 1. The molecular weight excluding hydrogens is 154 g/mol. The van der Waals surface area contributed by atoms with Crippen LogP contribution in [0.5, 0.6) is 0 Å². The van der Waals surface area contributed by atoms with Crippen LogP contribution in [0, 0.1) is 0 Å². The molecule has 1 aliphatic rings. The Morgan fingerprint density at radius 3 is 3.25 bits per heavy atom. The predicted octanol–water partition coefficient (Wildman–Crippen LogP) is 0.0130. The Morgan fingerprint density at radius 2 is 2.58 bits per heavy atom. The van der Waals surface area contributed by atoms with E-state index in [2.05, 4.69) is 15.5 Å². The predicted molar refractivity (Wildman–Crippen MR) is 43.6 cm³/mol. The number of H-pyrrole nitrogens is 1. The second-order valence-electron chi connectivity index (χ2n) is 3.18. The molecule has 0 fully saturated rings. The van der Waals surface area contributed by atoms with Crippen molar-refractivity contribution in [2.24, 2.45) is 0 Å². The quantitative estimate of drug-likeness (QED) is 0.616. The van der Waals surface area contributed by atoms with Crippen LogP contribution in [-0.2, 0) is 17.6 Å². The highest BCUT2D eigenvalue weighted by atomic mass is 16.1. The van der Waals surface area contributed by atoms with Crippen LogP contribution in [0.15, 0.2) is 6.20 Å². The highest BCUT2D eigenvalue weighted by Crippen LogP contribution is 2.18. The van der Waals surface area contributed by atoms with Gasteiger partial charge in [0.1, 0.15) is 0 Å². The van der Waals surface area contributed by atoms with Crippen molar-refractivity contribution in [1.82, 2.24) is 15.5 Å². The normalized spacial score (nSPS) is 20.6. The van der Waals surface area contributed by atoms with Gasteiger partial charge in [-0.15, -0.1) is 0 Å². The highest BCUT2D eigenvalue weighted by Gasteiger charge is 2.23. The molecule has 1 amide bonds. The maximum atomic E-state index is 10.7. The second-order valence-corrected chi connectivity index (χ2v) is 3.18. The number of rotatable bonds is 1. The first kappa shape index (κ1) is 7.34. The van der Waals surface area contributed by atoms with Crippen LogP contribution in [0.2, 0.25) is 0 Å². The highest BCUT2D eigenvalue weighted by molar-refractivity contribution is 5.73. The summed E-state index contributed by atoms with van der Waals surface area (Å²) >= 11 is 0. The van der Waals surface area contributed by atoms with Crippen LogP contribution >= 0.6 is 0 Å². The molecular formula is C8H11N3O. The van der Waals surface area contributed by atoms with Crippen molar-refractivity contribution in [2.75, 3.05) is 0 Å². The number of fused-ring (bicyclic) bond motifs is 1. The molecule has 2 N–H and O–H groups in total. The fourth-order valence-corrected chi connectivity index (χ4v) is 1.66. The smallest absolute Gasteiger partial charge is 0.217 e. The molecule has 0 spiro atoms. The average Bonchev–Trinajstić information content (AvgIpc) is 2.43. The Kier molecular flexibility index (Phi) is 1.60. The van der Waals surface area contributed by atoms with Crippen molar-refractivity contribution in [3.8, 4) is 0 Å². The summed E-state index contributed by atoms with van der Waals surface area (Å²) in [5, 5.41) is 9.73. The molecule has 0 aliphatic heterocycles. The van der Waals surface area contributed by atoms with Crippen LogP contribution in [0.4, 0.5) is 0 Å². The third-order valence-corrected chi connectivity index (χ3v) is 2.13. The van der Waals surface area contributed by atoms with E-state index < -0.39 is 0 Å². The van der Waals surface area contributed by atoms with E-state index in [-0.39, 0.29) is 11.9 Å². The van der Waals surface area contributed by atoms with Gasteiger partial charge in [-0.25, -0.2) is 0 Å². The Bertz CT molecular complexity index is 285. The molecule has 64 valence electrons. The standard InChI is InChI=1S/C8H11N3O/c1-5(12)10-7-2-6-4-9-11-8(6)3-7/h4,7H,2-3H2,1H3,(H,9,11)(H,10,12). The maximum absolute atomic E-state index is 10.7. The van der Waals surface area contributed by atoms with Crippen molar-refractivity contribution in [3.05, 3.63) is 17.5 Å². The number of nitrogens with zero attached hydrogens (tertiary/aromatic N) is 1. The number of carbonyl (C=O) groups is 1. The molecule has 0 radical (unpaired) electrons. The minimum atomic E-state index is 0.0399. The van der Waals surface area contributed by atoms with Crippen molar-refractivity contribution in [1.29, 1.82) is 0 Å². The van der Waals surface area contributed by atoms with E-state index >= 15 is 0 Å². The van der Waals surface area contributed by atoms with Gasteiger partial charge >= 0.3 is 0 Å². The van der Waals surface area contributed by atoms with E-state index in [1.165, 1.54) is 5.56 Å². The lowest BCUT2D eigenvalue weighted by molar-refractivity contribution is -0.119. The number of amides is 1. The molecule has 4 nitrogen and oxygen atoms in total. The van der Waals surface area contributed by atoms with Crippen molar-refractivity contribution in [2.45, 2.75) is 25.8 Å². The number of carbonyl (C=O) groups excluding carboxylic acids is 1. The lowest BCUT2D eigenvalue weighted by Gasteiger charge is -2.08. The van der Waals surface area contributed by atoms with Gasteiger partial charge in [-0.1, -0.05) is 0 Å². The number of hydrogen-bond donors (Lipinski definition) is 2. The van der Waals surface area contributed by atoms with E-state index in [0.717, 1.165) is 18.5 Å². The maximum Gasteiger partial charge on any atom is 0.217 e. The molecule has 4 heteroatoms. The molecule has 12 heavy (non-hydrogen) atoms. The topological polar surface area (TPSA) is 57.8 Å². The van der Waals surface area contributed by atoms with Gasteiger partial charge in [0.15, 0.2) is 0 Å². The third kappa shape index (κ3) is 1.20. The zero-order valence-electron chi connectivity index (χ0n) is 6.92. The second kappa shape index (κ2) is 2.62. The van der Waals surface area contributed by atoms with Gasteiger partial charge in [0.2, 0.25) is 5.91 Å². The SMILES string of the molecule is CC(=O)NC1Cc2cn[nH]c2C1. The fraction of sp³-hybridized carbons (Fsp3) is 0.500. The van der Waals surface area contributed by atoms with Gasteiger partial charge < -0.3 is 5.32 Å². The lowest BCUT2D eigenvalue weighted by atomic mass is 10.2. The first-order valence-electron chi connectivity index (χ1n) is 4.04. The molecule has 1 atom stereocenters. The van der Waals surface area contributed by atoms with Gasteiger partial charge in [-0.05, 0) is 12.0 Å². The van der Waals surface area contributed by atoms with Crippen LogP contribution in [-0.4, -0.2) is 22.1 Å². The Labute approximate surface area is 70.4 Å². The largest absolute Gasteiger partial charge is 0.353 e. The molecule has 0 aromatic carbocycles. The van der Waals surface area contributed by atoms with Gasteiger partial charge in [-0.2, -0.15) is 5.10 Å². The van der Waals surface area contributed by atoms with E-state index in [0.29, 0.717) is 0 Å². The third-order valence-electron chi connectivity index (χ3n) is 2.13. The summed E-state index contributed by atoms with van der Waals surface area (Å²) in [5.74, 6) is 0.0399. The van der Waals surface area contributed by atoms with Crippen LogP contribution in [0.3, 0.4) is 0 Å². The first-order chi connectivity index (χ1) is 5.75. The average molecular weight is 165 g/mol. The molecule has 1 aromatic heterocycles. The lowest BCUT2D eigenvalue weighted by Crippen LogP contribution is -2.33. The summed E-state index contributed by atoms with van der Waals surface area (Å²) in [7, 11) is 0. The van der Waals surface area contributed by atoms with E-state index in [1.54, 1.807) is 6.92 Å². The monoisotopic (exact) mass is 165 g/mol. The zero-order valence-corrected chi connectivity index (χ0v) is 6.92. The number of hydrogen-bond acceptors (Lipinski definition) is 2.